The van der Waals surface area contributed by atoms with Gasteiger partial charge >= 0.3 is 0 Å². The second-order valence-electron chi connectivity index (χ2n) is 4.60. The predicted octanol–water partition coefficient (Wildman–Crippen LogP) is -0.412. The van der Waals surface area contributed by atoms with Gasteiger partial charge in [0.15, 0.2) is 0 Å². The molecule has 1 atom stereocenters. The van der Waals surface area contributed by atoms with Gasteiger partial charge in [-0.1, -0.05) is 27.2 Å². The Balaban J connectivity index is 4.77. The first-order valence-electron chi connectivity index (χ1n) is 5.95. The van der Waals surface area contributed by atoms with E-state index in [4.69, 9.17) is 11.6 Å². The Bertz CT molecular complexity index is 256. The van der Waals surface area contributed by atoms with Crippen LogP contribution in [0.15, 0.2) is 0 Å². The molecule has 0 bridgehead atoms. The number of hydrogen-bond donors (Lipinski definition) is 3. The summed E-state index contributed by atoms with van der Waals surface area (Å²) in [4.78, 5) is 24.5. The van der Waals surface area contributed by atoms with E-state index >= 15 is 0 Å². The molecule has 0 aromatic carbocycles. The molecule has 0 aromatic rings. The molecule has 0 radical (unpaired) electrons. The van der Waals surface area contributed by atoms with Crippen molar-refractivity contribution >= 4 is 11.8 Å². The van der Waals surface area contributed by atoms with Crippen LogP contribution in [0, 0.1) is 5.92 Å². The standard InChI is InChI=1S/C11H24N4O2/c1-4-5-9(11(17)14-13)15(6-8(2)3)7-10(12)16/h8-9H,4-7,13H2,1-3H3,(H2,12,16)(H,14,17). The Morgan fingerprint density at radius 2 is 1.94 bits per heavy atom. The molecule has 0 aromatic heterocycles. The highest BCUT2D eigenvalue weighted by Gasteiger charge is 2.26. The Morgan fingerprint density at radius 3 is 2.29 bits per heavy atom. The molecule has 0 aliphatic heterocycles. The van der Waals surface area contributed by atoms with Gasteiger partial charge < -0.3 is 5.73 Å². The van der Waals surface area contributed by atoms with Gasteiger partial charge in [0.2, 0.25) is 5.91 Å². The minimum absolute atomic E-state index is 0.0796. The highest BCUT2D eigenvalue weighted by Crippen LogP contribution is 2.10. The number of primary amides is 1. The number of carbonyl (C=O) groups excluding carboxylic acids is 2. The molecule has 100 valence electrons. The minimum atomic E-state index is -0.434. The average Bonchev–Trinajstić information content (AvgIpc) is 2.22. The number of amides is 2. The molecule has 0 fully saturated rings. The van der Waals surface area contributed by atoms with Crippen LogP contribution in [-0.4, -0.2) is 35.8 Å². The third kappa shape index (κ3) is 6.23. The highest BCUT2D eigenvalue weighted by atomic mass is 16.2. The van der Waals surface area contributed by atoms with Gasteiger partial charge in [-0.25, -0.2) is 5.84 Å². The zero-order valence-electron chi connectivity index (χ0n) is 10.9. The maximum absolute atomic E-state index is 11.7. The van der Waals surface area contributed by atoms with Crippen molar-refractivity contribution in [3.05, 3.63) is 0 Å². The van der Waals surface area contributed by atoms with E-state index in [0.717, 1.165) is 6.42 Å². The van der Waals surface area contributed by atoms with Crippen LogP contribution in [0.2, 0.25) is 0 Å². The third-order valence-electron chi connectivity index (χ3n) is 2.41. The van der Waals surface area contributed by atoms with Crippen LogP contribution in [-0.2, 0) is 9.59 Å². The summed E-state index contributed by atoms with van der Waals surface area (Å²) in [5, 5.41) is 0. The first kappa shape index (κ1) is 15.9. The largest absolute Gasteiger partial charge is 0.369 e. The average molecular weight is 244 g/mol. The molecule has 0 heterocycles. The highest BCUT2D eigenvalue weighted by molar-refractivity contribution is 5.82. The lowest BCUT2D eigenvalue weighted by atomic mass is 10.1. The summed E-state index contributed by atoms with van der Waals surface area (Å²) in [6.45, 7) is 6.75. The maximum atomic E-state index is 11.7. The molecule has 2 amide bonds. The Labute approximate surface area is 103 Å². The van der Waals surface area contributed by atoms with Crippen molar-refractivity contribution < 1.29 is 9.59 Å². The van der Waals surface area contributed by atoms with Crippen molar-refractivity contribution in [3.63, 3.8) is 0 Å². The van der Waals surface area contributed by atoms with Gasteiger partial charge in [0.25, 0.3) is 5.91 Å². The number of nitrogens with two attached hydrogens (primary N) is 2. The van der Waals surface area contributed by atoms with Crippen molar-refractivity contribution in [3.8, 4) is 0 Å². The number of rotatable bonds is 8. The molecule has 5 N–H and O–H groups in total. The van der Waals surface area contributed by atoms with E-state index in [2.05, 4.69) is 5.43 Å². The number of hydrazine groups is 1. The first-order valence-corrected chi connectivity index (χ1v) is 5.95. The first-order chi connectivity index (χ1) is 7.92. The number of nitrogens with one attached hydrogen (secondary N) is 1. The van der Waals surface area contributed by atoms with Crippen LogP contribution in [0.1, 0.15) is 33.6 Å². The quantitative estimate of drug-likeness (QED) is 0.307. The van der Waals surface area contributed by atoms with Crippen LogP contribution < -0.4 is 17.0 Å². The third-order valence-corrected chi connectivity index (χ3v) is 2.41. The molecule has 0 saturated carbocycles. The van der Waals surface area contributed by atoms with E-state index in [1.165, 1.54) is 0 Å². The fourth-order valence-electron chi connectivity index (χ4n) is 1.82. The number of nitrogens with zero attached hydrogens (tertiary/aromatic N) is 1. The molecule has 1 unspecified atom stereocenters. The zero-order chi connectivity index (χ0) is 13.4. The smallest absolute Gasteiger partial charge is 0.251 e. The Kier molecular flexibility index (Phi) is 7.49. The fourth-order valence-corrected chi connectivity index (χ4v) is 1.82. The van der Waals surface area contributed by atoms with Crippen LogP contribution >= 0.6 is 0 Å². The Hall–Kier alpha value is -1.14. The van der Waals surface area contributed by atoms with Crippen molar-refractivity contribution in [1.29, 1.82) is 0 Å². The number of hydrogen-bond acceptors (Lipinski definition) is 4. The lowest BCUT2D eigenvalue weighted by Gasteiger charge is -2.30. The summed E-state index contributed by atoms with van der Waals surface area (Å²) >= 11 is 0. The lowest BCUT2D eigenvalue weighted by molar-refractivity contribution is -0.128. The predicted molar refractivity (Wildman–Crippen MR) is 66.6 cm³/mol. The molecule has 0 aliphatic rings. The van der Waals surface area contributed by atoms with Crippen LogP contribution in [0.4, 0.5) is 0 Å². The van der Waals surface area contributed by atoms with Gasteiger partial charge in [-0.2, -0.15) is 0 Å². The molecule has 6 heteroatoms. The van der Waals surface area contributed by atoms with Gasteiger partial charge in [0.05, 0.1) is 12.6 Å². The van der Waals surface area contributed by atoms with Crippen molar-refractivity contribution in [2.75, 3.05) is 13.1 Å². The summed E-state index contributed by atoms with van der Waals surface area (Å²) in [5.74, 6) is 4.80. The molecule has 0 rings (SSSR count). The molecule has 0 spiro atoms. The summed E-state index contributed by atoms with van der Waals surface area (Å²) in [6, 6.07) is -0.389. The van der Waals surface area contributed by atoms with Gasteiger partial charge in [-0.3, -0.25) is 19.9 Å². The monoisotopic (exact) mass is 244 g/mol. The van der Waals surface area contributed by atoms with Gasteiger partial charge in [0, 0.05) is 6.54 Å². The van der Waals surface area contributed by atoms with Gasteiger partial charge in [-0.15, -0.1) is 0 Å². The van der Waals surface area contributed by atoms with Gasteiger partial charge in [-0.05, 0) is 12.3 Å². The van der Waals surface area contributed by atoms with Crippen LogP contribution in [0.3, 0.4) is 0 Å². The molecule has 0 aliphatic carbocycles. The molecule has 6 nitrogen and oxygen atoms in total. The Morgan fingerprint density at radius 1 is 1.35 bits per heavy atom. The number of carbonyl (C=O) groups is 2. The van der Waals surface area contributed by atoms with E-state index in [1.807, 2.05) is 20.8 Å². The van der Waals surface area contributed by atoms with Crippen molar-refractivity contribution in [2.24, 2.45) is 17.5 Å². The van der Waals surface area contributed by atoms with E-state index in [1.54, 1.807) is 4.90 Å². The SMILES string of the molecule is CCCC(C(=O)NN)N(CC(N)=O)CC(C)C. The zero-order valence-corrected chi connectivity index (χ0v) is 10.9. The molecule has 17 heavy (non-hydrogen) atoms. The minimum Gasteiger partial charge on any atom is -0.369 e. The van der Waals surface area contributed by atoms with E-state index < -0.39 is 5.91 Å². The second kappa shape index (κ2) is 8.03. The van der Waals surface area contributed by atoms with E-state index in [-0.39, 0.29) is 18.5 Å². The van der Waals surface area contributed by atoms with E-state index in [9.17, 15) is 9.59 Å². The summed E-state index contributed by atoms with van der Waals surface area (Å²) < 4.78 is 0. The summed E-state index contributed by atoms with van der Waals surface area (Å²) in [6.07, 6.45) is 1.49. The molecular formula is C11H24N4O2. The summed E-state index contributed by atoms with van der Waals surface area (Å²) in [7, 11) is 0. The second-order valence-corrected chi connectivity index (χ2v) is 4.60. The molecular weight excluding hydrogens is 220 g/mol. The normalized spacial score (nSPS) is 12.8. The fraction of sp³-hybridized carbons (Fsp3) is 0.818. The maximum Gasteiger partial charge on any atom is 0.251 e. The molecule has 0 saturated heterocycles. The van der Waals surface area contributed by atoms with Crippen molar-refractivity contribution in [1.82, 2.24) is 10.3 Å². The van der Waals surface area contributed by atoms with Gasteiger partial charge in [0.1, 0.15) is 0 Å². The topological polar surface area (TPSA) is 101 Å². The van der Waals surface area contributed by atoms with Crippen molar-refractivity contribution in [2.45, 2.75) is 39.7 Å². The lowest BCUT2D eigenvalue weighted by Crippen LogP contribution is -2.52. The van der Waals surface area contributed by atoms with Crippen LogP contribution in [0.25, 0.3) is 0 Å². The summed E-state index contributed by atoms with van der Waals surface area (Å²) in [5.41, 5.74) is 7.35. The van der Waals surface area contributed by atoms with E-state index in [0.29, 0.717) is 18.9 Å². The van der Waals surface area contributed by atoms with Crippen LogP contribution in [0.5, 0.6) is 0 Å².